The summed E-state index contributed by atoms with van der Waals surface area (Å²) in [5, 5.41) is 27.4. The molecule has 5 aromatic rings. The molecule has 0 fully saturated rings. The molecule has 3 N–H and O–H groups in total. The lowest BCUT2D eigenvalue weighted by molar-refractivity contribution is 0.0690. The molecule has 170 valence electrons. The molecule has 0 spiro atoms. The van der Waals surface area contributed by atoms with E-state index in [0.29, 0.717) is 10.7 Å². The second kappa shape index (κ2) is 9.12. The van der Waals surface area contributed by atoms with E-state index in [2.05, 4.69) is 9.97 Å². The number of carboxylic acid groups (broad SMARTS) is 1. The van der Waals surface area contributed by atoms with E-state index in [1.165, 1.54) is 17.6 Å². The monoisotopic (exact) mass is 476 g/mol. The van der Waals surface area contributed by atoms with Gasteiger partial charge in [-0.3, -0.25) is 15.0 Å². The Balaban J connectivity index is 0.000000868. The van der Waals surface area contributed by atoms with Gasteiger partial charge in [0.25, 0.3) is 0 Å². The highest BCUT2D eigenvalue weighted by molar-refractivity contribution is 6.30. The van der Waals surface area contributed by atoms with Gasteiger partial charge in [-0.15, -0.1) is 4.91 Å². The number of hydrogen-bond donors (Lipinski definition) is 3. The highest BCUT2D eigenvalue weighted by Gasteiger charge is 2.16. The number of carboxylic acids is 1. The summed E-state index contributed by atoms with van der Waals surface area (Å²) >= 11 is 6.03. The average molecular weight is 477 g/mol. The maximum absolute atomic E-state index is 11.4. The number of nitrogens with zero attached hydrogens (tertiary/aromatic N) is 5. The van der Waals surface area contributed by atoms with Gasteiger partial charge in [-0.05, 0) is 47.5 Å². The van der Waals surface area contributed by atoms with Gasteiger partial charge in [0.05, 0.1) is 28.4 Å². The smallest absolute Gasteiger partial charge is 0.354 e. The van der Waals surface area contributed by atoms with Crippen LogP contribution in [0.25, 0.3) is 38.8 Å². The van der Waals surface area contributed by atoms with Gasteiger partial charge in [-0.1, -0.05) is 29.8 Å². The lowest BCUT2D eigenvalue weighted by Gasteiger charge is -2.09. The number of benzene rings is 2. The van der Waals surface area contributed by atoms with Gasteiger partial charge in [-0.25, -0.2) is 9.78 Å². The van der Waals surface area contributed by atoms with Crippen LogP contribution in [0.2, 0.25) is 5.02 Å². The third-order valence-electron chi connectivity index (χ3n) is 5.33. The molecule has 0 atom stereocenters. The zero-order valence-corrected chi connectivity index (χ0v) is 18.4. The summed E-state index contributed by atoms with van der Waals surface area (Å²) in [7, 11) is 1.79. The van der Waals surface area contributed by atoms with Gasteiger partial charge in [0.15, 0.2) is 5.34 Å². The number of halogens is 1. The number of aryl methyl sites for hydroxylation is 1. The van der Waals surface area contributed by atoms with Crippen LogP contribution in [-0.2, 0) is 7.05 Å². The number of rotatable bonds is 3. The van der Waals surface area contributed by atoms with Crippen LogP contribution in [0, 0.1) is 10.3 Å². The normalized spacial score (nSPS) is 10.6. The van der Waals surface area contributed by atoms with Crippen molar-refractivity contribution in [3.05, 3.63) is 88.2 Å². The van der Waals surface area contributed by atoms with E-state index in [4.69, 9.17) is 27.1 Å². The van der Waals surface area contributed by atoms with Crippen LogP contribution in [0.3, 0.4) is 0 Å². The van der Waals surface area contributed by atoms with E-state index in [-0.39, 0.29) is 11.3 Å². The quantitative estimate of drug-likeness (QED) is 0.257. The van der Waals surface area contributed by atoms with Gasteiger partial charge in [-0.2, -0.15) is 0 Å². The predicted octanol–water partition coefficient (Wildman–Crippen LogP) is 4.55. The first-order valence-corrected chi connectivity index (χ1v) is 10.2. The predicted molar refractivity (Wildman–Crippen MR) is 126 cm³/mol. The fourth-order valence-corrected chi connectivity index (χ4v) is 3.89. The molecule has 0 saturated carbocycles. The molecule has 0 unspecified atom stereocenters. The number of fused-ring (bicyclic) bond motifs is 3. The maximum atomic E-state index is 11.4. The van der Waals surface area contributed by atoms with Crippen LogP contribution >= 0.6 is 11.6 Å². The van der Waals surface area contributed by atoms with Crippen LogP contribution < -0.4 is 5.62 Å². The fourth-order valence-electron chi connectivity index (χ4n) is 3.77. The first-order chi connectivity index (χ1) is 16.3. The van der Waals surface area contributed by atoms with Crippen LogP contribution in [0.5, 0.6) is 0 Å². The van der Waals surface area contributed by atoms with Crippen LogP contribution in [0.1, 0.15) is 10.5 Å². The van der Waals surface area contributed by atoms with Gasteiger partial charge in [0, 0.05) is 23.7 Å². The summed E-state index contributed by atoms with van der Waals surface area (Å²) in [4.78, 5) is 28.0. The molecule has 0 saturated heterocycles. The molecule has 34 heavy (non-hydrogen) atoms. The fraction of sp³-hybridized carbons (Fsp3) is 0.0435. The molecule has 2 aromatic carbocycles. The highest BCUT2D eigenvalue weighted by atomic mass is 35.5. The van der Waals surface area contributed by atoms with Gasteiger partial charge >= 0.3 is 5.97 Å². The summed E-state index contributed by atoms with van der Waals surface area (Å²) in [5.41, 5.74) is 4.97. The molecule has 0 radical (unpaired) electrons. The number of imidazole rings is 1. The minimum absolute atomic E-state index is 0.0818. The number of carbonyl (C=O) groups is 1. The summed E-state index contributed by atoms with van der Waals surface area (Å²) < 4.78 is 3.44. The minimum Gasteiger partial charge on any atom is -0.477 e. The molecule has 5 rings (SSSR count). The first-order valence-electron chi connectivity index (χ1n) is 9.83. The lowest BCUT2D eigenvalue weighted by atomic mass is 10.0. The Morgan fingerprint density at radius 1 is 1.06 bits per heavy atom. The Kier molecular flexibility index (Phi) is 6.07. The first kappa shape index (κ1) is 22.6. The molecule has 3 heterocycles. The SMILES string of the molecule is Cn1c(=N)n(-c2ccnc(C(=O)O)c2)c2c3cc(-c4ccc(Cl)cc4)ccc3ncc21.O=NO. The van der Waals surface area contributed by atoms with E-state index in [9.17, 15) is 9.90 Å². The van der Waals surface area contributed by atoms with Crippen molar-refractivity contribution in [2.45, 2.75) is 0 Å². The van der Waals surface area contributed by atoms with Crippen molar-refractivity contribution < 1.29 is 15.1 Å². The average Bonchev–Trinajstić information content (AvgIpc) is 3.10. The van der Waals surface area contributed by atoms with Crippen molar-refractivity contribution in [2.75, 3.05) is 0 Å². The van der Waals surface area contributed by atoms with E-state index in [0.717, 1.165) is 33.1 Å². The third kappa shape index (κ3) is 3.97. The molecule has 0 aliphatic carbocycles. The second-order valence-electron chi connectivity index (χ2n) is 7.23. The summed E-state index contributed by atoms with van der Waals surface area (Å²) in [5.74, 6) is -1.12. The summed E-state index contributed by atoms with van der Waals surface area (Å²) in [6.45, 7) is 0. The molecule has 10 nitrogen and oxygen atoms in total. The van der Waals surface area contributed by atoms with Crippen molar-refractivity contribution >= 4 is 39.5 Å². The van der Waals surface area contributed by atoms with Crippen molar-refractivity contribution in [1.82, 2.24) is 19.1 Å². The summed E-state index contributed by atoms with van der Waals surface area (Å²) in [6, 6.07) is 16.7. The lowest BCUT2D eigenvalue weighted by Crippen LogP contribution is -2.21. The zero-order valence-electron chi connectivity index (χ0n) is 17.7. The van der Waals surface area contributed by atoms with Crippen molar-refractivity contribution in [1.29, 1.82) is 5.41 Å². The molecule has 0 amide bonds. The third-order valence-corrected chi connectivity index (χ3v) is 5.59. The molecular formula is C23H17ClN6O4. The number of aromatic carboxylic acids is 1. The Bertz CT molecular complexity index is 1610. The topological polar surface area (TPSA) is 146 Å². The molecule has 3 aromatic heterocycles. The number of aromatic nitrogens is 4. The Labute approximate surface area is 196 Å². The number of hydrogen-bond acceptors (Lipinski definition) is 6. The van der Waals surface area contributed by atoms with Gasteiger partial charge in [0.2, 0.25) is 5.62 Å². The molecule has 0 aliphatic rings. The molecule has 0 aliphatic heterocycles. The second-order valence-corrected chi connectivity index (χ2v) is 7.67. The standard InChI is InChI=1S/C23H16ClN5O2.HNO2/c1-28-20-12-27-18-7-4-14(13-2-5-15(24)6-3-13)10-17(18)21(20)29(23(28)25)16-8-9-26-19(11-16)22(30)31;2-1-3/h2-12,25H,1H3,(H,30,31);(H,2,3). The Morgan fingerprint density at radius 3 is 2.41 bits per heavy atom. The van der Waals surface area contributed by atoms with Crippen LogP contribution in [0.15, 0.2) is 72.3 Å². The van der Waals surface area contributed by atoms with E-state index < -0.39 is 5.97 Å². The van der Waals surface area contributed by atoms with E-state index >= 15 is 0 Å². The minimum atomic E-state index is -1.12. The molecular weight excluding hydrogens is 460 g/mol. The number of pyridine rings is 2. The Hall–Kier alpha value is -4.57. The van der Waals surface area contributed by atoms with Crippen molar-refractivity contribution in [3.8, 4) is 16.8 Å². The van der Waals surface area contributed by atoms with Crippen LogP contribution in [-0.4, -0.2) is 35.4 Å². The highest BCUT2D eigenvalue weighted by Crippen LogP contribution is 2.30. The van der Waals surface area contributed by atoms with Gasteiger partial charge < -0.3 is 14.9 Å². The summed E-state index contributed by atoms with van der Waals surface area (Å²) in [6.07, 6.45) is 3.17. The van der Waals surface area contributed by atoms with E-state index in [1.54, 1.807) is 28.4 Å². The van der Waals surface area contributed by atoms with Crippen molar-refractivity contribution in [2.24, 2.45) is 12.4 Å². The maximum Gasteiger partial charge on any atom is 0.354 e. The zero-order chi connectivity index (χ0) is 24.4. The van der Waals surface area contributed by atoms with Crippen LogP contribution in [0.4, 0.5) is 0 Å². The van der Waals surface area contributed by atoms with Crippen molar-refractivity contribution in [3.63, 3.8) is 0 Å². The van der Waals surface area contributed by atoms with Gasteiger partial charge in [0.1, 0.15) is 5.69 Å². The largest absolute Gasteiger partial charge is 0.477 e. The van der Waals surface area contributed by atoms with E-state index in [1.807, 2.05) is 42.5 Å². The Morgan fingerprint density at radius 2 is 1.74 bits per heavy atom. The number of nitrogens with one attached hydrogen (secondary N) is 1. The molecule has 11 heteroatoms. The molecule has 0 bridgehead atoms.